The number of rotatable bonds is 7. The van der Waals surface area contributed by atoms with E-state index in [4.69, 9.17) is 16.3 Å². The Morgan fingerprint density at radius 2 is 2.09 bits per heavy atom. The van der Waals surface area contributed by atoms with Crippen molar-refractivity contribution in [2.75, 3.05) is 19.7 Å². The van der Waals surface area contributed by atoms with Crippen LogP contribution in [-0.2, 0) is 9.53 Å². The lowest BCUT2D eigenvalue weighted by Crippen LogP contribution is -2.35. The molecule has 0 atom stereocenters. The van der Waals surface area contributed by atoms with E-state index in [1.807, 2.05) is 0 Å². The van der Waals surface area contributed by atoms with Crippen LogP contribution >= 0.6 is 11.6 Å². The van der Waals surface area contributed by atoms with Gasteiger partial charge in [-0.25, -0.2) is 4.79 Å². The lowest BCUT2D eigenvalue weighted by atomic mass is 10.2. The first-order valence-corrected chi connectivity index (χ1v) is 7.17. The van der Waals surface area contributed by atoms with E-state index in [0.29, 0.717) is 13.1 Å². The summed E-state index contributed by atoms with van der Waals surface area (Å²) in [6.45, 7) is 7.72. The topological polar surface area (TPSA) is 89.8 Å². The molecule has 0 bridgehead atoms. The Balaban J connectivity index is 2.71. The number of non-ortho nitro benzene ring substituents is 1. The fourth-order valence-corrected chi connectivity index (χ4v) is 2.03. The van der Waals surface area contributed by atoms with Crippen molar-refractivity contribution in [3.8, 4) is 0 Å². The van der Waals surface area contributed by atoms with E-state index in [0.717, 1.165) is 17.7 Å². The van der Waals surface area contributed by atoms with Crippen molar-refractivity contribution in [2.24, 2.45) is 0 Å². The van der Waals surface area contributed by atoms with E-state index < -0.39 is 17.5 Å². The van der Waals surface area contributed by atoms with Crippen LogP contribution in [0.1, 0.15) is 24.2 Å². The van der Waals surface area contributed by atoms with Crippen molar-refractivity contribution in [1.29, 1.82) is 0 Å². The lowest BCUT2D eigenvalue weighted by molar-refractivity contribution is -0.384. The van der Waals surface area contributed by atoms with Gasteiger partial charge in [-0.3, -0.25) is 14.9 Å². The summed E-state index contributed by atoms with van der Waals surface area (Å²) >= 11 is 5.83. The van der Waals surface area contributed by atoms with Crippen LogP contribution < -0.4 is 0 Å². The van der Waals surface area contributed by atoms with Crippen molar-refractivity contribution in [1.82, 2.24) is 4.90 Å². The van der Waals surface area contributed by atoms with Crippen molar-refractivity contribution in [3.63, 3.8) is 0 Å². The first-order chi connectivity index (χ1) is 10.8. The fourth-order valence-electron chi connectivity index (χ4n) is 1.78. The molecule has 0 radical (unpaired) electrons. The molecule has 0 aromatic heterocycles. The van der Waals surface area contributed by atoms with E-state index in [1.54, 1.807) is 13.8 Å². The zero-order valence-electron chi connectivity index (χ0n) is 12.9. The number of amides is 1. The standard InChI is InChI=1S/C15H17ClN2O5/c1-4-17(8-10(2)3)14(19)9-23-15(20)12-6-5-11(18(21)22)7-13(12)16/h5-7H,2,4,8-9H2,1,3H3. The predicted molar refractivity (Wildman–Crippen MR) is 85.5 cm³/mol. The average molecular weight is 341 g/mol. The van der Waals surface area contributed by atoms with E-state index >= 15 is 0 Å². The Labute approximate surface area is 138 Å². The third-order valence-corrected chi connectivity index (χ3v) is 3.22. The quantitative estimate of drug-likeness (QED) is 0.329. The van der Waals surface area contributed by atoms with E-state index in [1.165, 1.54) is 11.0 Å². The number of nitro groups is 1. The second-order valence-electron chi connectivity index (χ2n) is 4.86. The normalized spacial score (nSPS) is 10.0. The molecule has 1 aromatic rings. The second kappa shape index (κ2) is 8.28. The molecule has 0 fully saturated rings. The van der Waals surface area contributed by atoms with Crippen molar-refractivity contribution >= 4 is 29.2 Å². The highest BCUT2D eigenvalue weighted by Gasteiger charge is 2.19. The summed E-state index contributed by atoms with van der Waals surface area (Å²) < 4.78 is 4.92. The highest BCUT2D eigenvalue weighted by atomic mass is 35.5. The minimum atomic E-state index is -0.815. The molecule has 0 N–H and O–H groups in total. The van der Waals surface area contributed by atoms with E-state index in [-0.39, 0.29) is 22.2 Å². The maximum Gasteiger partial charge on any atom is 0.340 e. The number of esters is 1. The van der Waals surface area contributed by atoms with Crippen LogP contribution in [0, 0.1) is 10.1 Å². The summed E-state index contributed by atoms with van der Waals surface area (Å²) in [4.78, 5) is 35.4. The molecular formula is C15H17ClN2O5. The molecule has 23 heavy (non-hydrogen) atoms. The number of carbonyl (C=O) groups is 2. The van der Waals surface area contributed by atoms with Crippen LogP contribution in [0.25, 0.3) is 0 Å². The molecular weight excluding hydrogens is 324 g/mol. The number of carbonyl (C=O) groups excluding carboxylic acids is 2. The molecule has 1 amide bonds. The zero-order valence-corrected chi connectivity index (χ0v) is 13.6. The Kier molecular flexibility index (Phi) is 6.71. The molecule has 8 heteroatoms. The summed E-state index contributed by atoms with van der Waals surface area (Å²) in [6.07, 6.45) is 0. The smallest absolute Gasteiger partial charge is 0.340 e. The van der Waals surface area contributed by atoms with Gasteiger partial charge >= 0.3 is 5.97 Å². The zero-order chi connectivity index (χ0) is 17.6. The predicted octanol–water partition coefficient (Wildman–Crippen LogP) is 2.83. The summed E-state index contributed by atoms with van der Waals surface area (Å²) in [5, 5.41) is 10.5. The van der Waals surface area contributed by atoms with Crippen LogP contribution in [0.4, 0.5) is 5.69 Å². The number of benzene rings is 1. The highest BCUT2D eigenvalue weighted by Crippen LogP contribution is 2.23. The van der Waals surface area contributed by atoms with Gasteiger partial charge in [-0.1, -0.05) is 23.8 Å². The van der Waals surface area contributed by atoms with Gasteiger partial charge in [0, 0.05) is 25.2 Å². The van der Waals surface area contributed by atoms with Gasteiger partial charge in [0.1, 0.15) is 0 Å². The average Bonchev–Trinajstić information content (AvgIpc) is 2.49. The van der Waals surface area contributed by atoms with Gasteiger partial charge in [-0.15, -0.1) is 0 Å². The molecule has 0 spiro atoms. The Bertz CT molecular complexity index is 645. The van der Waals surface area contributed by atoms with E-state index in [2.05, 4.69) is 6.58 Å². The number of ether oxygens (including phenoxy) is 1. The third-order valence-electron chi connectivity index (χ3n) is 2.91. The molecule has 0 aliphatic heterocycles. The van der Waals surface area contributed by atoms with Gasteiger partial charge in [0.15, 0.2) is 6.61 Å². The first-order valence-electron chi connectivity index (χ1n) is 6.79. The van der Waals surface area contributed by atoms with Crippen LogP contribution in [0.2, 0.25) is 5.02 Å². The number of likely N-dealkylation sites (N-methyl/N-ethyl adjacent to an activating group) is 1. The molecule has 0 heterocycles. The van der Waals surface area contributed by atoms with Crippen molar-refractivity contribution < 1.29 is 19.2 Å². The minimum Gasteiger partial charge on any atom is -0.452 e. The van der Waals surface area contributed by atoms with Gasteiger partial charge in [0.25, 0.3) is 11.6 Å². The van der Waals surface area contributed by atoms with Crippen molar-refractivity contribution in [3.05, 3.63) is 51.1 Å². The van der Waals surface area contributed by atoms with E-state index in [9.17, 15) is 19.7 Å². The van der Waals surface area contributed by atoms with Crippen LogP contribution in [-0.4, -0.2) is 41.4 Å². The SMILES string of the molecule is C=C(C)CN(CC)C(=O)COC(=O)c1ccc([N+](=O)[O-])cc1Cl. The monoisotopic (exact) mass is 340 g/mol. The Morgan fingerprint density at radius 3 is 2.57 bits per heavy atom. The van der Waals surface area contributed by atoms with Gasteiger partial charge in [-0.2, -0.15) is 0 Å². The molecule has 1 rings (SSSR count). The molecule has 0 saturated carbocycles. The second-order valence-corrected chi connectivity index (χ2v) is 5.27. The maximum absolute atomic E-state index is 12.0. The summed E-state index contributed by atoms with van der Waals surface area (Å²) in [5.74, 6) is -1.17. The van der Waals surface area contributed by atoms with Gasteiger partial charge in [-0.05, 0) is 19.9 Å². The van der Waals surface area contributed by atoms with Crippen LogP contribution in [0.5, 0.6) is 0 Å². The molecule has 0 aliphatic rings. The third kappa shape index (κ3) is 5.37. The Hall–Kier alpha value is -2.41. The lowest BCUT2D eigenvalue weighted by Gasteiger charge is -2.20. The molecule has 124 valence electrons. The maximum atomic E-state index is 12.0. The molecule has 1 aromatic carbocycles. The minimum absolute atomic E-state index is 0.0342. The van der Waals surface area contributed by atoms with Gasteiger partial charge in [0.05, 0.1) is 15.5 Å². The summed E-state index contributed by atoms with van der Waals surface area (Å²) in [5.41, 5.74) is 0.541. The molecule has 0 saturated heterocycles. The Morgan fingerprint density at radius 1 is 1.43 bits per heavy atom. The fraction of sp³-hybridized carbons (Fsp3) is 0.333. The largest absolute Gasteiger partial charge is 0.452 e. The molecule has 7 nitrogen and oxygen atoms in total. The van der Waals surface area contributed by atoms with Crippen LogP contribution in [0.3, 0.4) is 0 Å². The number of halogens is 1. The van der Waals surface area contributed by atoms with Crippen LogP contribution in [0.15, 0.2) is 30.4 Å². The number of hydrogen-bond donors (Lipinski definition) is 0. The van der Waals surface area contributed by atoms with Crippen molar-refractivity contribution in [2.45, 2.75) is 13.8 Å². The molecule has 0 aliphatic carbocycles. The van der Waals surface area contributed by atoms with Gasteiger partial charge < -0.3 is 9.64 Å². The number of hydrogen-bond acceptors (Lipinski definition) is 5. The molecule has 0 unspecified atom stereocenters. The number of nitro benzene ring substituents is 1. The summed E-state index contributed by atoms with van der Waals surface area (Å²) in [7, 11) is 0. The first kappa shape index (κ1) is 18.6. The number of nitrogens with zero attached hydrogens (tertiary/aromatic N) is 2. The summed E-state index contributed by atoms with van der Waals surface area (Å²) in [6, 6.07) is 3.39. The highest BCUT2D eigenvalue weighted by molar-refractivity contribution is 6.33. The van der Waals surface area contributed by atoms with Gasteiger partial charge in [0.2, 0.25) is 0 Å².